The van der Waals surface area contributed by atoms with Crippen LogP contribution in [0.4, 0.5) is 70.2 Å². The third kappa shape index (κ3) is 14.0. The van der Waals surface area contributed by atoms with Gasteiger partial charge >= 0.3 is 70.0 Å². The summed E-state index contributed by atoms with van der Waals surface area (Å²) in [5, 5.41) is -9.52. The minimum absolute atomic E-state index is 0.00554. The van der Waals surface area contributed by atoms with Gasteiger partial charge < -0.3 is 47.9 Å². The smallest absolute Gasteiger partial charge is 0.466 e. The number of alkyl halides is 14. The number of rotatable bonds is 20. The maximum atomic E-state index is 13.8. The van der Waals surface area contributed by atoms with Crippen molar-refractivity contribution in [1.29, 1.82) is 0 Å². The van der Waals surface area contributed by atoms with Crippen molar-refractivity contribution in [1.82, 2.24) is 15.1 Å². The molecule has 2 amide bonds. The van der Waals surface area contributed by atoms with E-state index in [1.807, 2.05) is 0 Å². The molecule has 2 heterocycles. The Kier molecular flexibility index (Phi) is 19.9. The summed E-state index contributed by atoms with van der Waals surface area (Å²) in [5.41, 5.74) is 0. The first kappa shape index (κ1) is 59.9. The molecule has 2 unspecified atom stereocenters. The van der Waals surface area contributed by atoms with Gasteiger partial charge in [-0.25, -0.2) is 26.4 Å². The van der Waals surface area contributed by atoms with Crippen molar-refractivity contribution in [2.45, 2.75) is 72.0 Å². The number of carbonyl (C=O) groups is 4. The molecule has 0 bridgehead atoms. The van der Waals surface area contributed by atoms with Crippen LogP contribution in [-0.4, -0.2) is 171 Å². The normalized spacial score (nSPS) is 17.9. The van der Waals surface area contributed by atoms with Crippen LogP contribution in [0, 0.1) is 0 Å². The van der Waals surface area contributed by atoms with E-state index < -0.39 is 154 Å². The first-order valence-electron chi connectivity index (χ1n) is 17.5. The Labute approximate surface area is 360 Å². The average molecular weight is 1040 g/mol. The molecule has 0 aliphatic carbocycles. The van der Waals surface area contributed by atoms with E-state index in [4.69, 9.17) is 4.74 Å². The molecule has 0 saturated carbocycles. The summed E-state index contributed by atoms with van der Waals surface area (Å²) in [6, 6.07) is 0. The second-order valence-electron chi connectivity index (χ2n) is 13.0. The molecule has 2 saturated heterocycles. The second kappa shape index (κ2) is 21.9. The van der Waals surface area contributed by atoms with E-state index in [1.165, 1.54) is 0 Å². The largest absolute Gasteiger partial charge is 0.743 e. The lowest BCUT2D eigenvalue weighted by molar-refractivity contribution is -0.351. The van der Waals surface area contributed by atoms with E-state index in [0.717, 1.165) is 0 Å². The molecular formula is C30H33F16N3O15S2-2. The summed E-state index contributed by atoms with van der Waals surface area (Å²) in [4.78, 5) is 48.9. The van der Waals surface area contributed by atoms with Crippen molar-refractivity contribution in [2.75, 3.05) is 65.7 Å². The summed E-state index contributed by atoms with van der Waals surface area (Å²) >= 11 is 0. The molecule has 2 rings (SSSR count). The molecule has 0 aromatic rings. The van der Waals surface area contributed by atoms with Crippen LogP contribution in [0.3, 0.4) is 0 Å². The van der Waals surface area contributed by atoms with Crippen LogP contribution in [0.5, 0.6) is 0 Å². The highest BCUT2D eigenvalue weighted by Gasteiger charge is 2.69. The van der Waals surface area contributed by atoms with Crippen LogP contribution in [0.15, 0.2) is 24.8 Å². The third-order valence-corrected chi connectivity index (χ3v) is 10.1. The van der Waals surface area contributed by atoms with Gasteiger partial charge in [0.15, 0.2) is 20.2 Å². The van der Waals surface area contributed by atoms with Crippen LogP contribution in [0.2, 0.25) is 0 Å². The summed E-state index contributed by atoms with van der Waals surface area (Å²) < 4.78 is 298. The average Bonchev–Trinajstić information content (AvgIpc) is 3.18. The van der Waals surface area contributed by atoms with Gasteiger partial charge in [0.25, 0.3) is 0 Å². The molecule has 384 valence electrons. The highest BCUT2D eigenvalue weighted by atomic mass is 32.2. The molecule has 0 aromatic heterocycles. The Morgan fingerprint density at radius 1 is 0.576 bits per heavy atom. The number of morpholine rings is 1. The van der Waals surface area contributed by atoms with Crippen LogP contribution in [-0.2, 0) is 63.1 Å². The highest BCUT2D eigenvalue weighted by Crippen LogP contribution is 2.44. The molecule has 2 aliphatic heterocycles. The van der Waals surface area contributed by atoms with Gasteiger partial charge in [-0.3, -0.25) is 9.59 Å². The molecule has 18 nitrogen and oxygen atoms in total. The van der Waals surface area contributed by atoms with Crippen LogP contribution in [0.25, 0.3) is 0 Å². The minimum Gasteiger partial charge on any atom is -0.743 e. The number of carbonyl (C=O) groups excluding carboxylic acids is 4. The fourth-order valence-corrected chi connectivity index (χ4v) is 5.83. The van der Waals surface area contributed by atoms with Crippen molar-refractivity contribution >= 4 is 44.0 Å². The maximum absolute atomic E-state index is 13.8. The zero-order valence-electron chi connectivity index (χ0n) is 32.7. The Hall–Kier alpha value is -4.10. The van der Waals surface area contributed by atoms with Crippen molar-refractivity contribution in [3.05, 3.63) is 24.8 Å². The zero-order valence-corrected chi connectivity index (χ0v) is 34.3. The monoisotopic (exact) mass is 1040 g/mol. The fourth-order valence-electron chi connectivity index (χ4n) is 4.89. The van der Waals surface area contributed by atoms with Gasteiger partial charge in [0.1, 0.15) is 0 Å². The molecule has 0 radical (unpaired) electrons. The van der Waals surface area contributed by atoms with Crippen LogP contribution < -0.4 is 5.32 Å². The standard InChI is InChI=1S/C15H18F8N2O7S.C15H17F8NO8S/c1-9(16)10(26)32-13(14(19,20)21,11(27)25-6-4-24-5-7-25)31-8-2-3-12(17,18)15(22,23)33(28,29)30;1-9(16)10(25)32-13(14(19,20)21,11(26)24-4-7-30-8-5-24)31-6-2-3-12(17,18)15(22,23)33(27,28)29/h24H,1-8H2,(H,28,29,30);1-8H2,(H,27,28,29)/p-2. The summed E-state index contributed by atoms with van der Waals surface area (Å²) in [7, 11) is -13.7. The fraction of sp³-hybridized carbons (Fsp3) is 0.733. The molecule has 66 heavy (non-hydrogen) atoms. The number of ether oxygens (including phenoxy) is 5. The predicted molar refractivity (Wildman–Crippen MR) is 177 cm³/mol. The number of esters is 2. The van der Waals surface area contributed by atoms with Gasteiger partial charge in [0.05, 0.1) is 26.4 Å². The van der Waals surface area contributed by atoms with E-state index >= 15 is 0 Å². The van der Waals surface area contributed by atoms with Crippen LogP contribution in [0.1, 0.15) is 25.7 Å². The quantitative estimate of drug-likeness (QED) is 0.0460. The van der Waals surface area contributed by atoms with Crippen molar-refractivity contribution < 1.29 is 139 Å². The van der Waals surface area contributed by atoms with Gasteiger partial charge in [-0.1, -0.05) is 13.2 Å². The van der Waals surface area contributed by atoms with Crippen molar-refractivity contribution in [3.8, 4) is 0 Å². The highest BCUT2D eigenvalue weighted by molar-refractivity contribution is 7.87. The van der Waals surface area contributed by atoms with E-state index in [9.17, 15) is 115 Å². The number of nitrogens with zero attached hydrogens (tertiary/aromatic N) is 2. The Balaban J connectivity index is 0.000000660. The zero-order chi connectivity index (χ0) is 51.8. The Morgan fingerprint density at radius 2 is 0.879 bits per heavy atom. The lowest BCUT2D eigenvalue weighted by atomic mass is 10.1. The minimum atomic E-state index is -6.85. The van der Waals surface area contributed by atoms with E-state index in [-0.39, 0.29) is 39.4 Å². The molecule has 36 heteroatoms. The summed E-state index contributed by atoms with van der Waals surface area (Å²) in [6.45, 7) is -0.669. The predicted octanol–water partition coefficient (Wildman–Crippen LogP) is 2.97. The first-order valence-corrected chi connectivity index (χ1v) is 20.3. The van der Waals surface area contributed by atoms with Crippen molar-refractivity contribution in [2.24, 2.45) is 0 Å². The van der Waals surface area contributed by atoms with Gasteiger partial charge in [0.2, 0.25) is 11.7 Å². The lowest BCUT2D eigenvalue weighted by Gasteiger charge is -2.38. The maximum Gasteiger partial charge on any atom is 0.466 e. The van der Waals surface area contributed by atoms with E-state index in [2.05, 4.69) is 37.4 Å². The number of hydrogen-bond acceptors (Lipinski definition) is 16. The summed E-state index contributed by atoms with van der Waals surface area (Å²) in [5.74, 6) is -33.3. The first-order chi connectivity index (χ1) is 29.6. The topological polar surface area (TPSA) is 247 Å². The van der Waals surface area contributed by atoms with Gasteiger partial charge in [-0.2, -0.15) is 70.2 Å². The number of halogens is 16. The molecule has 2 atom stereocenters. The molecule has 0 spiro atoms. The third-order valence-electron chi connectivity index (χ3n) is 8.29. The second-order valence-corrected chi connectivity index (χ2v) is 15.9. The molecule has 2 fully saturated rings. The summed E-state index contributed by atoms with van der Waals surface area (Å²) in [6.07, 6.45) is -19.2. The number of piperazine rings is 1. The molecule has 1 N–H and O–H groups in total. The molecule has 2 aliphatic rings. The number of nitrogens with one attached hydrogen (secondary N) is 1. The van der Waals surface area contributed by atoms with Gasteiger partial charge in [-0.05, 0) is 12.8 Å². The van der Waals surface area contributed by atoms with Crippen LogP contribution >= 0.6 is 0 Å². The Bertz CT molecular complexity index is 1860. The van der Waals surface area contributed by atoms with Gasteiger partial charge in [-0.15, -0.1) is 0 Å². The van der Waals surface area contributed by atoms with Gasteiger partial charge in [0, 0.05) is 52.1 Å². The Morgan fingerprint density at radius 3 is 1.15 bits per heavy atom. The lowest BCUT2D eigenvalue weighted by Crippen LogP contribution is -2.64. The van der Waals surface area contributed by atoms with E-state index in [1.54, 1.807) is 0 Å². The number of hydrogen-bond donors (Lipinski definition) is 1. The molecule has 0 aromatic carbocycles. The van der Waals surface area contributed by atoms with E-state index in [0.29, 0.717) is 9.80 Å². The van der Waals surface area contributed by atoms with Crippen molar-refractivity contribution in [3.63, 3.8) is 0 Å². The SMILES string of the molecule is C=C(F)C(=O)OC(OCCCC(F)(F)C(F)(F)S(=O)(=O)[O-])(C(=O)N1CCNCC1)C(F)(F)F.C=C(F)C(=O)OC(OCCCC(F)(F)C(F)(F)S(=O)(=O)[O-])(C(=O)N1CCOCC1)C(F)(F)F. The molecular weight excluding hydrogens is 1010 g/mol. The number of amides is 2.